The van der Waals surface area contributed by atoms with Crippen LogP contribution < -0.4 is 5.32 Å². The highest BCUT2D eigenvalue weighted by molar-refractivity contribution is 5.67. The lowest BCUT2D eigenvalue weighted by Gasteiger charge is -1.96. The SMILES string of the molecule is c1ccc(-c2cc(Nc3cc(-c4ccccc4)[nH]n3)n[nH]2)cc1. The number of aromatic nitrogens is 4. The van der Waals surface area contributed by atoms with Crippen LogP contribution in [-0.4, -0.2) is 20.4 Å². The Hall–Kier alpha value is -3.34. The maximum absolute atomic E-state index is 4.28. The molecular formula is C18H15N5. The summed E-state index contributed by atoms with van der Waals surface area (Å²) >= 11 is 0. The molecule has 2 heterocycles. The van der Waals surface area contributed by atoms with Gasteiger partial charge in [0.2, 0.25) is 0 Å². The molecule has 0 unspecified atom stereocenters. The van der Waals surface area contributed by atoms with E-state index in [0.29, 0.717) is 0 Å². The Bertz CT molecular complexity index is 818. The second kappa shape index (κ2) is 5.81. The van der Waals surface area contributed by atoms with Crippen molar-refractivity contribution in [2.45, 2.75) is 0 Å². The van der Waals surface area contributed by atoms with Gasteiger partial charge in [-0.3, -0.25) is 10.2 Å². The van der Waals surface area contributed by atoms with Gasteiger partial charge in [-0.25, -0.2) is 0 Å². The number of anilines is 2. The Balaban J connectivity index is 1.53. The monoisotopic (exact) mass is 301 g/mol. The Kier molecular flexibility index (Phi) is 3.37. The predicted octanol–water partition coefficient (Wildman–Crippen LogP) is 4.21. The maximum Gasteiger partial charge on any atom is 0.153 e. The van der Waals surface area contributed by atoms with Crippen molar-refractivity contribution in [1.82, 2.24) is 20.4 Å². The average Bonchev–Trinajstić information content (AvgIpc) is 3.27. The molecule has 2 aromatic carbocycles. The summed E-state index contributed by atoms with van der Waals surface area (Å²) in [4.78, 5) is 0. The van der Waals surface area contributed by atoms with Gasteiger partial charge in [0.1, 0.15) is 0 Å². The molecular weight excluding hydrogens is 286 g/mol. The van der Waals surface area contributed by atoms with Gasteiger partial charge in [-0.05, 0) is 11.1 Å². The Labute approximate surface area is 133 Å². The minimum atomic E-state index is 0.731. The zero-order chi connectivity index (χ0) is 15.5. The van der Waals surface area contributed by atoms with E-state index >= 15 is 0 Å². The fourth-order valence-corrected chi connectivity index (χ4v) is 2.43. The molecule has 0 bridgehead atoms. The highest BCUT2D eigenvalue weighted by atomic mass is 15.2. The maximum atomic E-state index is 4.28. The zero-order valence-corrected chi connectivity index (χ0v) is 12.3. The standard InChI is InChI=1S/C18H15N5/c1-3-7-13(8-4-1)15-11-17(22-20-15)19-18-12-16(21-23-18)14-9-5-2-6-10-14/h1-12H,(H3,19,20,21,22,23). The lowest BCUT2D eigenvalue weighted by Crippen LogP contribution is -1.90. The molecule has 0 amide bonds. The normalized spacial score (nSPS) is 10.6. The summed E-state index contributed by atoms with van der Waals surface area (Å²) in [6.45, 7) is 0. The van der Waals surface area contributed by atoms with Crippen LogP contribution in [0.2, 0.25) is 0 Å². The second-order valence-electron chi connectivity index (χ2n) is 5.19. The van der Waals surface area contributed by atoms with Crippen LogP contribution in [0.1, 0.15) is 0 Å². The molecule has 0 saturated heterocycles. The summed E-state index contributed by atoms with van der Waals surface area (Å²) < 4.78 is 0. The molecule has 0 spiro atoms. The minimum Gasteiger partial charge on any atom is -0.322 e. The lowest BCUT2D eigenvalue weighted by atomic mass is 10.1. The van der Waals surface area contributed by atoms with Crippen molar-refractivity contribution in [3.05, 3.63) is 72.8 Å². The van der Waals surface area contributed by atoms with Gasteiger partial charge in [0.15, 0.2) is 11.6 Å². The van der Waals surface area contributed by atoms with Crippen LogP contribution in [0.5, 0.6) is 0 Å². The first-order valence-corrected chi connectivity index (χ1v) is 7.37. The average molecular weight is 301 g/mol. The van der Waals surface area contributed by atoms with Gasteiger partial charge in [0, 0.05) is 12.1 Å². The summed E-state index contributed by atoms with van der Waals surface area (Å²) in [6, 6.07) is 24.1. The van der Waals surface area contributed by atoms with E-state index in [2.05, 4.69) is 25.7 Å². The Morgan fingerprint density at radius 2 is 1.04 bits per heavy atom. The first-order chi connectivity index (χ1) is 11.4. The first kappa shape index (κ1) is 13.3. The summed E-state index contributed by atoms with van der Waals surface area (Å²) in [5.74, 6) is 1.46. The van der Waals surface area contributed by atoms with Crippen molar-refractivity contribution in [1.29, 1.82) is 0 Å². The molecule has 0 saturated carbocycles. The third-order valence-corrected chi connectivity index (χ3v) is 3.58. The van der Waals surface area contributed by atoms with Crippen LogP contribution in [0.3, 0.4) is 0 Å². The second-order valence-corrected chi connectivity index (χ2v) is 5.19. The molecule has 5 nitrogen and oxygen atoms in total. The molecule has 5 heteroatoms. The van der Waals surface area contributed by atoms with Gasteiger partial charge in [-0.2, -0.15) is 10.2 Å². The van der Waals surface area contributed by atoms with Crippen molar-refractivity contribution < 1.29 is 0 Å². The highest BCUT2D eigenvalue weighted by Crippen LogP contribution is 2.23. The van der Waals surface area contributed by atoms with Crippen molar-refractivity contribution in [2.75, 3.05) is 5.32 Å². The molecule has 4 aromatic rings. The minimum absolute atomic E-state index is 0.731. The summed E-state index contributed by atoms with van der Waals surface area (Å²) in [5, 5.41) is 17.8. The van der Waals surface area contributed by atoms with Crippen LogP contribution in [-0.2, 0) is 0 Å². The summed E-state index contributed by atoms with van der Waals surface area (Å²) in [7, 11) is 0. The lowest BCUT2D eigenvalue weighted by molar-refractivity contribution is 1.07. The highest BCUT2D eigenvalue weighted by Gasteiger charge is 2.07. The number of hydrogen-bond donors (Lipinski definition) is 3. The van der Waals surface area contributed by atoms with E-state index in [1.807, 2.05) is 72.8 Å². The van der Waals surface area contributed by atoms with E-state index in [4.69, 9.17) is 0 Å². The molecule has 23 heavy (non-hydrogen) atoms. The molecule has 3 N–H and O–H groups in total. The molecule has 0 fully saturated rings. The molecule has 2 aromatic heterocycles. The molecule has 112 valence electrons. The van der Waals surface area contributed by atoms with E-state index < -0.39 is 0 Å². The molecule has 4 rings (SSSR count). The number of rotatable bonds is 4. The van der Waals surface area contributed by atoms with Crippen molar-refractivity contribution in [2.24, 2.45) is 0 Å². The van der Waals surface area contributed by atoms with Crippen molar-refractivity contribution in [3.63, 3.8) is 0 Å². The molecule has 0 aliphatic heterocycles. The Morgan fingerprint density at radius 1 is 0.609 bits per heavy atom. The topological polar surface area (TPSA) is 69.4 Å². The van der Waals surface area contributed by atoms with Gasteiger partial charge in [0.25, 0.3) is 0 Å². The quantitative estimate of drug-likeness (QED) is 0.529. The van der Waals surface area contributed by atoms with E-state index in [1.165, 1.54) is 0 Å². The van der Waals surface area contributed by atoms with E-state index in [9.17, 15) is 0 Å². The van der Waals surface area contributed by atoms with Gasteiger partial charge >= 0.3 is 0 Å². The van der Waals surface area contributed by atoms with Crippen LogP contribution in [0.15, 0.2) is 72.8 Å². The fraction of sp³-hybridized carbons (Fsp3) is 0. The van der Waals surface area contributed by atoms with Crippen LogP contribution in [0.4, 0.5) is 11.6 Å². The van der Waals surface area contributed by atoms with Crippen LogP contribution in [0, 0.1) is 0 Å². The zero-order valence-electron chi connectivity index (χ0n) is 12.3. The third-order valence-electron chi connectivity index (χ3n) is 3.58. The number of nitrogens with zero attached hydrogens (tertiary/aromatic N) is 2. The number of benzene rings is 2. The molecule has 0 radical (unpaired) electrons. The van der Waals surface area contributed by atoms with Gasteiger partial charge in [-0.15, -0.1) is 0 Å². The van der Waals surface area contributed by atoms with Crippen molar-refractivity contribution >= 4 is 11.6 Å². The molecule has 0 atom stereocenters. The predicted molar refractivity (Wildman–Crippen MR) is 91.3 cm³/mol. The molecule has 0 aliphatic rings. The van der Waals surface area contributed by atoms with Crippen LogP contribution in [0.25, 0.3) is 22.5 Å². The third kappa shape index (κ3) is 2.85. The number of H-pyrrole nitrogens is 2. The molecule has 0 aliphatic carbocycles. The smallest absolute Gasteiger partial charge is 0.153 e. The Morgan fingerprint density at radius 3 is 1.48 bits per heavy atom. The number of hydrogen-bond acceptors (Lipinski definition) is 3. The first-order valence-electron chi connectivity index (χ1n) is 7.37. The van der Waals surface area contributed by atoms with Gasteiger partial charge in [0.05, 0.1) is 11.4 Å². The van der Waals surface area contributed by atoms with E-state index in [-0.39, 0.29) is 0 Å². The van der Waals surface area contributed by atoms with Gasteiger partial charge in [-0.1, -0.05) is 60.7 Å². The van der Waals surface area contributed by atoms with Gasteiger partial charge < -0.3 is 5.32 Å². The number of nitrogens with one attached hydrogen (secondary N) is 3. The summed E-state index contributed by atoms with van der Waals surface area (Å²) in [6.07, 6.45) is 0. The largest absolute Gasteiger partial charge is 0.322 e. The van der Waals surface area contributed by atoms with Crippen LogP contribution >= 0.6 is 0 Å². The fourth-order valence-electron chi connectivity index (χ4n) is 2.43. The van der Waals surface area contributed by atoms with E-state index in [1.54, 1.807) is 0 Å². The number of aromatic amines is 2. The summed E-state index contributed by atoms with van der Waals surface area (Å²) in [5.41, 5.74) is 4.12. The van der Waals surface area contributed by atoms with Crippen molar-refractivity contribution in [3.8, 4) is 22.5 Å². The van der Waals surface area contributed by atoms with E-state index in [0.717, 1.165) is 34.2 Å².